The highest BCUT2D eigenvalue weighted by Gasteiger charge is 2.49. The lowest BCUT2D eigenvalue weighted by atomic mass is 9.95. The minimum Gasteiger partial charge on any atom is -0.475 e. The van der Waals surface area contributed by atoms with E-state index in [1.807, 2.05) is 4.90 Å². The number of aliphatic hydroxyl groups is 1. The summed E-state index contributed by atoms with van der Waals surface area (Å²) in [6.45, 7) is 1.42. The SMILES string of the molecule is COCOc1cc(Cl)c(C2CC2)c(-c2nc3c4c(nc(OC[C@@]56CCCN5C[C@H](F)C6)nc4c2F)N(C[C@@H](O)C(F)(F)F)[C@@H](C)CO3)c1. The number of hydrogen-bond donors (Lipinski definition) is 1. The highest BCUT2D eigenvalue weighted by molar-refractivity contribution is 6.32. The zero-order chi connectivity index (χ0) is 34.0. The number of nitrogens with zero attached hydrogens (tertiary/aromatic N) is 5. The molecule has 4 aliphatic rings. The fourth-order valence-electron chi connectivity index (χ4n) is 7.15. The quantitative estimate of drug-likeness (QED) is 0.206. The summed E-state index contributed by atoms with van der Waals surface area (Å²) in [7, 11) is 1.46. The third kappa shape index (κ3) is 6.07. The minimum atomic E-state index is -4.93. The number of halogens is 6. The Morgan fingerprint density at radius 1 is 1.19 bits per heavy atom. The molecule has 260 valence electrons. The highest BCUT2D eigenvalue weighted by atomic mass is 35.5. The second-order valence-corrected chi connectivity index (χ2v) is 13.5. The zero-order valence-electron chi connectivity index (χ0n) is 26.3. The van der Waals surface area contributed by atoms with E-state index in [1.54, 1.807) is 19.1 Å². The van der Waals surface area contributed by atoms with Crippen molar-refractivity contribution >= 4 is 28.3 Å². The van der Waals surface area contributed by atoms with Crippen molar-refractivity contribution in [2.75, 3.05) is 51.7 Å². The van der Waals surface area contributed by atoms with Crippen molar-refractivity contribution in [1.82, 2.24) is 19.9 Å². The number of alkyl halides is 4. The number of hydrogen-bond acceptors (Lipinski definition) is 10. The number of methoxy groups -OCH3 is 1. The third-order valence-electron chi connectivity index (χ3n) is 9.64. The second-order valence-electron chi connectivity index (χ2n) is 13.1. The molecule has 3 aliphatic heterocycles. The van der Waals surface area contributed by atoms with Crippen molar-refractivity contribution < 1.29 is 46.0 Å². The fourth-order valence-corrected chi connectivity index (χ4v) is 7.51. The maximum Gasteiger partial charge on any atom is 0.416 e. The Morgan fingerprint density at radius 3 is 2.71 bits per heavy atom. The maximum absolute atomic E-state index is 17.0. The van der Waals surface area contributed by atoms with Crippen LogP contribution in [0.4, 0.5) is 27.8 Å². The van der Waals surface area contributed by atoms with Crippen molar-refractivity contribution in [3.63, 3.8) is 0 Å². The van der Waals surface area contributed by atoms with Gasteiger partial charge in [-0.25, -0.2) is 13.8 Å². The van der Waals surface area contributed by atoms with Crippen LogP contribution in [0, 0.1) is 5.82 Å². The Morgan fingerprint density at radius 2 is 1.98 bits per heavy atom. The second kappa shape index (κ2) is 12.6. The van der Waals surface area contributed by atoms with Gasteiger partial charge in [0.2, 0.25) is 5.88 Å². The molecule has 2 saturated heterocycles. The normalized spacial score (nSPS) is 24.8. The molecule has 0 bridgehead atoms. The molecule has 1 saturated carbocycles. The Hall–Kier alpha value is -3.27. The molecule has 48 heavy (non-hydrogen) atoms. The summed E-state index contributed by atoms with van der Waals surface area (Å²) < 4.78 is 95.0. The molecule has 0 radical (unpaired) electrons. The van der Waals surface area contributed by atoms with Crippen molar-refractivity contribution in [2.24, 2.45) is 0 Å². The topological polar surface area (TPSA) is 102 Å². The summed E-state index contributed by atoms with van der Waals surface area (Å²) in [4.78, 5) is 16.7. The van der Waals surface area contributed by atoms with Gasteiger partial charge in [0.1, 0.15) is 47.5 Å². The van der Waals surface area contributed by atoms with Crippen LogP contribution in [0.3, 0.4) is 0 Å². The zero-order valence-corrected chi connectivity index (χ0v) is 27.1. The van der Waals surface area contributed by atoms with E-state index < -0.39 is 42.4 Å². The summed E-state index contributed by atoms with van der Waals surface area (Å²) in [6.07, 6.45) is -5.25. The van der Waals surface area contributed by atoms with E-state index in [0.29, 0.717) is 34.9 Å². The molecule has 0 unspecified atom stereocenters. The summed E-state index contributed by atoms with van der Waals surface area (Å²) in [5.41, 5.74) is -0.0234. The average molecular weight is 700 g/mol. The maximum atomic E-state index is 17.0. The van der Waals surface area contributed by atoms with Gasteiger partial charge in [0.05, 0.1) is 18.1 Å². The number of ether oxygens (including phenoxy) is 4. The van der Waals surface area contributed by atoms with Crippen molar-refractivity contribution in [3.8, 4) is 28.9 Å². The molecule has 4 atom stereocenters. The lowest BCUT2D eigenvalue weighted by molar-refractivity contribution is -0.200. The van der Waals surface area contributed by atoms with Gasteiger partial charge < -0.3 is 29.0 Å². The van der Waals surface area contributed by atoms with Crippen LogP contribution < -0.4 is 19.1 Å². The van der Waals surface area contributed by atoms with Crippen LogP contribution in [0.2, 0.25) is 5.02 Å². The largest absolute Gasteiger partial charge is 0.475 e. The number of aliphatic hydroxyl groups excluding tert-OH is 1. The first-order chi connectivity index (χ1) is 22.9. The van der Waals surface area contributed by atoms with Crippen LogP contribution in [0.25, 0.3) is 22.2 Å². The molecule has 10 nitrogen and oxygen atoms in total. The van der Waals surface area contributed by atoms with Crippen LogP contribution in [0.5, 0.6) is 17.6 Å². The first-order valence-corrected chi connectivity index (χ1v) is 16.3. The van der Waals surface area contributed by atoms with E-state index >= 15 is 4.39 Å². The van der Waals surface area contributed by atoms with E-state index in [1.165, 1.54) is 12.0 Å². The number of fused-ring (bicyclic) bond motifs is 1. The standard InChI is InChI=1S/C32H35ClF5N5O5/c1-16-13-46-29-24-27(25(35)26(39-29)20-8-19(48-15-45-2)9-21(33)23(20)17-4-5-17)40-30(41-28(24)43(16)12-22(44)32(36,37)38)47-14-31-6-3-7-42(31)11-18(34)10-31/h8-9,16-18,22,44H,3-7,10-15H2,1-2H3/t16-,18+,22+,31-/m0/s1. The number of aromatic nitrogens is 3. The fraction of sp³-hybridized carbons (Fsp3) is 0.594. The molecule has 2 aromatic heterocycles. The van der Waals surface area contributed by atoms with Crippen LogP contribution >= 0.6 is 11.6 Å². The van der Waals surface area contributed by atoms with E-state index in [0.717, 1.165) is 19.3 Å². The van der Waals surface area contributed by atoms with Crippen molar-refractivity contribution in [3.05, 3.63) is 28.5 Å². The lowest BCUT2D eigenvalue weighted by Gasteiger charge is -2.32. The monoisotopic (exact) mass is 699 g/mol. The van der Waals surface area contributed by atoms with Crippen LogP contribution in [0.1, 0.15) is 50.5 Å². The van der Waals surface area contributed by atoms with Gasteiger partial charge >= 0.3 is 12.2 Å². The van der Waals surface area contributed by atoms with Gasteiger partial charge in [-0.15, -0.1) is 0 Å². The van der Waals surface area contributed by atoms with E-state index in [9.17, 15) is 22.7 Å². The molecule has 1 N–H and O–H groups in total. The van der Waals surface area contributed by atoms with E-state index in [4.69, 9.17) is 30.5 Å². The molecule has 0 spiro atoms. The first-order valence-electron chi connectivity index (χ1n) is 15.9. The Labute approximate surface area is 278 Å². The molecule has 5 heterocycles. The minimum absolute atomic E-state index is 0.00231. The molecule has 1 aromatic carbocycles. The number of anilines is 1. The molecular formula is C32H35ClF5N5O5. The number of β-amino-alcohol motifs (C(OH)–C–C–N with tert-alkyl or cyclic N) is 1. The van der Waals surface area contributed by atoms with Crippen LogP contribution in [0.15, 0.2) is 12.1 Å². The van der Waals surface area contributed by atoms with Gasteiger partial charge in [-0.05, 0) is 62.8 Å². The molecule has 7 rings (SSSR count). The van der Waals surface area contributed by atoms with Gasteiger partial charge in [-0.1, -0.05) is 11.6 Å². The van der Waals surface area contributed by atoms with Gasteiger partial charge in [-0.2, -0.15) is 23.1 Å². The number of rotatable bonds is 10. The molecule has 0 amide bonds. The average Bonchev–Trinajstić information content (AvgIpc) is 3.75. The van der Waals surface area contributed by atoms with Gasteiger partial charge in [-0.3, -0.25) is 4.90 Å². The Bertz CT molecular complexity index is 1710. The summed E-state index contributed by atoms with van der Waals surface area (Å²) in [5.74, 6) is -0.768. The predicted molar refractivity (Wildman–Crippen MR) is 165 cm³/mol. The summed E-state index contributed by atoms with van der Waals surface area (Å²) in [5, 5.41) is 10.4. The Balaban J connectivity index is 1.39. The Kier molecular flexibility index (Phi) is 8.70. The highest BCUT2D eigenvalue weighted by Crippen LogP contribution is 2.50. The van der Waals surface area contributed by atoms with E-state index in [-0.39, 0.29) is 73.2 Å². The van der Waals surface area contributed by atoms with Gasteiger partial charge in [0.25, 0.3) is 0 Å². The van der Waals surface area contributed by atoms with Gasteiger partial charge in [0, 0.05) is 30.7 Å². The molecule has 3 fully saturated rings. The van der Waals surface area contributed by atoms with Crippen LogP contribution in [-0.2, 0) is 4.74 Å². The predicted octanol–water partition coefficient (Wildman–Crippen LogP) is 5.81. The smallest absolute Gasteiger partial charge is 0.416 e. The lowest BCUT2D eigenvalue weighted by Crippen LogP contribution is -2.46. The number of benzene rings is 1. The molecule has 1 aliphatic carbocycles. The third-order valence-corrected chi connectivity index (χ3v) is 9.96. The summed E-state index contributed by atoms with van der Waals surface area (Å²) >= 11 is 6.71. The molecule has 16 heteroatoms. The van der Waals surface area contributed by atoms with Crippen molar-refractivity contribution in [2.45, 2.75) is 75.0 Å². The molecular weight excluding hydrogens is 665 g/mol. The van der Waals surface area contributed by atoms with E-state index in [2.05, 4.69) is 15.0 Å². The number of pyridine rings is 1. The van der Waals surface area contributed by atoms with Gasteiger partial charge in [0.15, 0.2) is 18.7 Å². The summed E-state index contributed by atoms with van der Waals surface area (Å²) in [6, 6.07) is 2.16. The molecule has 3 aromatic rings. The van der Waals surface area contributed by atoms with Crippen LogP contribution in [-0.4, -0.2) is 102 Å². The van der Waals surface area contributed by atoms with Crippen molar-refractivity contribution in [1.29, 1.82) is 0 Å². The first kappa shape index (κ1) is 33.2.